The van der Waals surface area contributed by atoms with Crippen molar-refractivity contribution >= 4 is 16.8 Å². The number of nitrogens with two attached hydrogens (primary N) is 1. The zero-order valence-corrected chi connectivity index (χ0v) is 8.82. The Labute approximate surface area is 83.9 Å². The number of nitrogen functional groups attached to an aromatic ring is 1. The van der Waals surface area contributed by atoms with Crippen LogP contribution in [0.25, 0.3) is 11.1 Å². The second kappa shape index (κ2) is 4.65. The number of benzene rings is 1. The van der Waals surface area contributed by atoms with Crippen molar-refractivity contribution in [2.24, 2.45) is 5.92 Å². The maximum atomic E-state index is 5.50. The summed E-state index contributed by atoms with van der Waals surface area (Å²) in [4.78, 5) is 3.94. The Hall–Kier alpha value is -1.51. The normalized spacial score (nSPS) is 10.0. The number of rotatable bonds is 0. The van der Waals surface area contributed by atoms with Gasteiger partial charge in [-0.2, -0.15) is 0 Å². The largest absolute Gasteiger partial charge is 0.443 e. The summed E-state index contributed by atoms with van der Waals surface area (Å²) in [5.74, 6) is 0.833. The second-order valence-electron chi connectivity index (χ2n) is 3.81. The van der Waals surface area contributed by atoms with Crippen LogP contribution in [0.4, 0.5) is 5.69 Å². The van der Waals surface area contributed by atoms with Gasteiger partial charge in [0.2, 0.25) is 0 Å². The van der Waals surface area contributed by atoms with Gasteiger partial charge in [-0.05, 0) is 18.1 Å². The summed E-state index contributed by atoms with van der Waals surface area (Å²) in [6.45, 7) is 6.50. The molecule has 0 aliphatic rings. The first-order valence-electron chi connectivity index (χ1n) is 4.68. The van der Waals surface area contributed by atoms with Crippen LogP contribution in [0.15, 0.2) is 29.0 Å². The van der Waals surface area contributed by atoms with Crippen LogP contribution in [0.3, 0.4) is 0 Å². The van der Waals surface area contributed by atoms with Crippen molar-refractivity contribution in [2.75, 3.05) is 5.73 Å². The van der Waals surface area contributed by atoms with Gasteiger partial charge in [0.1, 0.15) is 5.52 Å². The molecule has 76 valence electrons. The molecular formula is C11H16N2O. The van der Waals surface area contributed by atoms with Gasteiger partial charge in [0, 0.05) is 11.8 Å². The molecule has 0 saturated heterocycles. The first-order valence-corrected chi connectivity index (χ1v) is 4.68. The van der Waals surface area contributed by atoms with E-state index in [0.29, 0.717) is 5.69 Å². The highest BCUT2D eigenvalue weighted by molar-refractivity contribution is 5.75. The molecule has 14 heavy (non-hydrogen) atoms. The summed E-state index contributed by atoms with van der Waals surface area (Å²) in [7, 11) is 0. The Balaban J connectivity index is 0.000000213. The number of hydrogen-bond donors (Lipinski definition) is 1. The number of fused-ring (bicyclic) bond motifs is 1. The fraction of sp³-hybridized carbons (Fsp3) is 0.364. The van der Waals surface area contributed by atoms with Crippen molar-refractivity contribution in [1.29, 1.82) is 0 Å². The van der Waals surface area contributed by atoms with Gasteiger partial charge >= 0.3 is 0 Å². The summed E-state index contributed by atoms with van der Waals surface area (Å²) < 4.78 is 5.01. The highest BCUT2D eigenvalue weighted by Gasteiger charge is 1.95. The van der Waals surface area contributed by atoms with Gasteiger partial charge in [-0.25, -0.2) is 4.98 Å². The monoisotopic (exact) mass is 192 g/mol. The van der Waals surface area contributed by atoms with Crippen LogP contribution in [0.2, 0.25) is 0 Å². The third-order valence-corrected chi connectivity index (χ3v) is 1.36. The van der Waals surface area contributed by atoms with E-state index in [2.05, 4.69) is 25.8 Å². The highest BCUT2D eigenvalue weighted by Crippen LogP contribution is 2.14. The molecule has 1 aromatic heterocycles. The molecule has 1 heterocycles. The van der Waals surface area contributed by atoms with E-state index in [1.54, 1.807) is 12.1 Å². The predicted molar refractivity (Wildman–Crippen MR) is 58.9 cm³/mol. The van der Waals surface area contributed by atoms with Crippen LogP contribution < -0.4 is 5.73 Å². The third kappa shape index (κ3) is 3.09. The van der Waals surface area contributed by atoms with Gasteiger partial charge in [0.15, 0.2) is 12.0 Å². The van der Waals surface area contributed by atoms with E-state index >= 15 is 0 Å². The van der Waals surface area contributed by atoms with Crippen LogP contribution in [0.5, 0.6) is 0 Å². The minimum absolute atomic E-state index is 0.698. The lowest BCUT2D eigenvalue weighted by Crippen LogP contribution is -1.81. The first-order chi connectivity index (χ1) is 6.59. The van der Waals surface area contributed by atoms with Crippen molar-refractivity contribution in [1.82, 2.24) is 4.98 Å². The van der Waals surface area contributed by atoms with Crippen molar-refractivity contribution in [2.45, 2.75) is 20.8 Å². The number of aromatic nitrogens is 1. The average Bonchev–Trinajstić information content (AvgIpc) is 2.49. The Kier molecular flexibility index (Phi) is 3.51. The van der Waals surface area contributed by atoms with E-state index in [0.717, 1.165) is 17.0 Å². The molecule has 2 aromatic rings. The Morgan fingerprint density at radius 1 is 1.29 bits per heavy atom. The van der Waals surface area contributed by atoms with Gasteiger partial charge in [-0.15, -0.1) is 0 Å². The second-order valence-corrected chi connectivity index (χ2v) is 3.81. The zero-order chi connectivity index (χ0) is 10.6. The molecule has 1 aromatic carbocycles. The molecule has 0 bridgehead atoms. The van der Waals surface area contributed by atoms with E-state index in [9.17, 15) is 0 Å². The average molecular weight is 192 g/mol. The number of anilines is 1. The fourth-order valence-electron chi connectivity index (χ4n) is 0.872. The van der Waals surface area contributed by atoms with E-state index in [1.165, 1.54) is 6.39 Å². The molecule has 0 fully saturated rings. The molecule has 3 heteroatoms. The summed E-state index contributed by atoms with van der Waals surface area (Å²) >= 11 is 0. The lowest BCUT2D eigenvalue weighted by molar-refractivity contribution is 0.602. The summed E-state index contributed by atoms with van der Waals surface area (Å²) in [5.41, 5.74) is 7.77. The minimum Gasteiger partial charge on any atom is -0.443 e. The van der Waals surface area contributed by atoms with Crippen molar-refractivity contribution in [3.8, 4) is 0 Å². The molecule has 0 aliphatic heterocycles. The van der Waals surface area contributed by atoms with Gasteiger partial charge in [0.05, 0.1) is 0 Å². The first kappa shape index (κ1) is 10.6. The summed E-state index contributed by atoms with van der Waals surface area (Å²) in [6, 6.07) is 5.38. The topological polar surface area (TPSA) is 52.0 Å². The molecule has 0 aliphatic carbocycles. The van der Waals surface area contributed by atoms with Crippen LogP contribution in [-0.2, 0) is 0 Å². The van der Waals surface area contributed by atoms with Gasteiger partial charge in [-0.3, -0.25) is 0 Å². The standard InChI is InChI=1S/C7H6N2O.C4H10/c8-5-1-2-6-7(3-5)10-4-9-6;1-4(2)3/h1-4H,8H2;4H,1-3H3. The van der Waals surface area contributed by atoms with Crippen molar-refractivity contribution in [3.63, 3.8) is 0 Å². The van der Waals surface area contributed by atoms with Crippen molar-refractivity contribution < 1.29 is 4.42 Å². The van der Waals surface area contributed by atoms with Gasteiger partial charge < -0.3 is 10.2 Å². The lowest BCUT2D eigenvalue weighted by Gasteiger charge is -1.88. The van der Waals surface area contributed by atoms with Gasteiger partial charge in [-0.1, -0.05) is 20.8 Å². The molecule has 0 radical (unpaired) electrons. The molecule has 2 N–H and O–H groups in total. The van der Waals surface area contributed by atoms with Crippen LogP contribution >= 0.6 is 0 Å². The van der Waals surface area contributed by atoms with E-state index in [4.69, 9.17) is 10.2 Å². The van der Waals surface area contributed by atoms with E-state index in [-0.39, 0.29) is 0 Å². The van der Waals surface area contributed by atoms with E-state index in [1.807, 2.05) is 6.07 Å². The van der Waals surface area contributed by atoms with Crippen molar-refractivity contribution in [3.05, 3.63) is 24.6 Å². The maximum absolute atomic E-state index is 5.50. The molecule has 0 atom stereocenters. The van der Waals surface area contributed by atoms with E-state index < -0.39 is 0 Å². The molecular weight excluding hydrogens is 176 g/mol. The highest BCUT2D eigenvalue weighted by atomic mass is 16.3. The summed E-state index contributed by atoms with van der Waals surface area (Å²) in [5, 5.41) is 0. The van der Waals surface area contributed by atoms with Crippen LogP contribution in [0.1, 0.15) is 20.8 Å². The Morgan fingerprint density at radius 3 is 2.57 bits per heavy atom. The third-order valence-electron chi connectivity index (χ3n) is 1.36. The SMILES string of the molecule is CC(C)C.Nc1ccc2ncoc2c1. The predicted octanol–water partition coefficient (Wildman–Crippen LogP) is 3.07. The zero-order valence-electron chi connectivity index (χ0n) is 8.82. The maximum Gasteiger partial charge on any atom is 0.181 e. The Morgan fingerprint density at radius 2 is 1.93 bits per heavy atom. The summed E-state index contributed by atoms with van der Waals surface area (Å²) in [6.07, 6.45) is 1.41. The lowest BCUT2D eigenvalue weighted by atomic mass is 10.3. The van der Waals surface area contributed by atoms with Crippen LogP contribution in [-0.4, -0.2) is 4.98 Å². The fourth-order valence-corrected chi connectivity index (χ4v) is 0.872. The number of oxazole rings is 1. The smallest absolute Gasteiger partial charge is 0.181 e. The quantitative estimate of drug-likeness (QED) is 0.652. The number of nitrogens with zero attached hydrogens (tertiary/aromatic N) is 1. The molecule has 0 saturated carbocycles. The molecule has 0 unspecified atom stereocenters. The Bertz CT molecular complexity index is 390. The number of hydrogen-bond acceptors (Lipinski definition) is 3. The van der Waals surface area contributed by atoms with Gasteiger partial charge in [0.25, 0.3) is 0 Å². The molecule has 3 nitrogen and oxygen atoms in total. The van der Waals surface area contributed by atoms with Crippen LogP contribution in [0, 0.1) is 5.92 Å². The minimum atomic E-state index is 0.698. The molecule has 0 spiro atoms. The molecule has 2 rings (SSSR count). The molecule has 0 amide bonds.